The van der Waals surface area contributed by atoms with Gasteiger partial charge in [0.25, 0.3) is 5.91 Å². The van der Waals surface area contributed by atoms with Crippen LogP contribution in [0.15, 0.2) is 48.5 Å². The fraction of sp³-hybridized carbons (Fsp3) is 0.227. The first kappa shape index (κ1) is 24.2. The molecule has 0 aliphatic rings. The number of hydrogen-bond acceptors (Lipinski definition) is 9. The lowest BCUT2D eigenvalue weighted by atomic mass is 10.1. The molecule has 9 nitrogen and oxygen atoms in total. The number of carbonyl (C=O) groups excluding carboxylic acids is 1. The standard InChI is InChI=1S/C22H22N4O5S2/c1-15-20(21(28)25-33(2,29)30)24-22(32-15)26(18-8-6-16(13-23)7-9-18)14-17-4-3-5-19(12-17)31-11-10-27/h3-9,12,27H,10-11,14H2,1-2H3,(H,25,28). The second-order valence-corrected chi connectivity index (χ2v) is 10.00. The molecule has 1 amide bonds. The van der Waals surface area contributed by atoms with Gasteiger partial charge >= 0.3 is 0 Å². The summed E-state index contributed by atoms with van der Waals surface area (Å²) < 4.78 is 30.4. The smallest absolute Gasteiger partial charge is 0.284 e. The third kappa shape index (κ3) is 6.52. The third-order valence-corrected chi connectivity index (χ3v) is 5.97. The van der Waals surface area contributed by atoms with E-state index in [9.17, 15) is 13.2 Å². The van der Waals surface area contributed by atoms with Crippen molar-refractivity contribution in [3.8, 4) is 11.8 Å². The highest BCUT2D eigenvalue weighted by molar-refractivity contribution is 7.89. The van der Waals surface area contributed by atoms with E-state index in [1.165, 1.54) is 11.3 Å². The number of nitrogens with one attached hydrogen (secondary N) is 1. The van der Waals surface area contributed by atoms with Gasteiger partial charge in [0, 0.05) is 10.6 Å². The molecule has 0 saturated heterocycles. The number of hydrogen-bond donors (Lipinski definition) is 2. The fourth-order valence-corrected chi connectivity index (χ4v) is 4.35. The minimum Gasteiger partial charge on any atom is -0.491 e. The second-order valence-electron chi connectivity index (χ2n) is 7.07. The number of thiazole rings is 1. The molecule has 0 aliphatic carbocycles. The maximum atomic E-state index is 12.4. The summed E-state index contributed by atoms with van der Waals surface area (Å²) in [5.41, 5.74) is 2.14. The summed E-state index contributed by atoms with van der Waals surface area (Å²) in [6.45, 7) is 2.13. The molecule has 0 unspecified atom stereocenters. The lowest BCUT2D eigenvalue weighted by Gasteiger charge is -2.22. The Balaban J connectivity index is 1.99. The highest BCUT2D eigenvalue weighted by atomic mass is 32.2. The van der Waals surface area contributed by atoms with Crippen molar-refractivity contribution in [3.63, 3.8) is 0 Å². The number of aryl methyl sites for hydroxylation is 1. The lowest BCUT2D eigenvalue weighted by Crippen LogP contribution is -2.30. The topological polar surface area (TPSA) is 133 Å². The van der Waals surface area contributed by atoms with Gasteiger partial charge in [-0.2, -0.15) is 5.26 Å². The average Bonchev–Trinajstić information content (AvgIpc) is 3.17. The average molecular weight is 487 g/mol. The zero-order valence-electron chi connectivity index (χ0n) is 18.0. The molecule has 3 aromatic rings. The van der Waals surface area contributed by atoms with Crippen molar-refractivity contribution in [2.45, 2.75) is 13.5 Å². The van der Waals surface area contributed by atoms with E-state index in [0.717, 1.165) is 17.5 Å². The van der Waals surface area contributed by atoms with Gasteiger partial charge < -0.3 is 14.7 Å². The van der Waals surface area contributed by atoms with Crippen LogP contribution >= 0.6 is 11.3 Å². The van der Waals surface area contributed by atoms with Crippen molar-refractivity contribution in [3.05, 3.63) is 70.2 Å². The molecule has 0 spiro atoms. The van der Waals surface area contributed by atoms with Gasteiger partial charge in [-0.15, -0.1) is 11.3 Å². The van der Waals surface area contributed by atoms with Crippen LogP contribution in [-0.2, 0) is 16.6 Å². The molecule has 33 heavy (non-hydrogen) atoms. The normalized spacial score (nSPS) is 11.0. The SMILES string of the molecule is Cc1sc(N(Cc2cccc(OCCO)c2)c2ccc(C#N)cc2)nc1C(=O)NS(C)(=O)=O. The van der Waals surface area contributed by atoms with Crippen LogP contribution in [0.4, 0.5) is 10.8 Å². The van der Waals surface area contributed by atoms with E-state index >= 15 is 0 Å². The summed E-state index contributed by atoms with van der Waals surface area (Å²) in [5.74, 6) is -0.193. The highest BCUT2D eigenvalue weighted by Crippen LogP contribution is 2.33. The number of rotatable bonds is 9. The van der Waals surface area contributed by atoms with Crippen LogP contribution < -0.4 is 14.4 Å². The summed E-state index contributed by atoms with van der Waals surface area (Å²) in [5, 5.41) is 18.6. The number of amides is 1. The monoisotopic (exact) mass is 486 g/mol. The Morgan fingerprint density at radius 2 is 2.00 bits per heavy atom. The number of anilines is 2. The van der Waals surface area contributed by atoms with Crippen LogP contribution in [0, 0.1) is 18.3 Å². The third-order valence-electron chi connectivity index (χ3n) is 4.42. The number of aliphatic hydroxyl groups is 1. The van der Waals surface area contributed by atoms with Crippen molar-refractivity contribution >= 4 is 38.1 Å². The maximum absolute atomic E-state index is 12.4. The number of nitrogens with zero attached hydrogens (tertiary/aromatic N) is 3. The molecule has 0 bridgehead atoms. The van der Waals surface area contributed by atoms with Crippen molar-refractivity contribution in [2.24, 2.45) is 0 Å². The predicted octanol–water partition coefficient (Wildman–Crippen LogP) is 2.72. The van der Waals surface area contributed by atoms with Gasteiger partial charge in [0.15, 0.2) is 5.13 Å². The Hall–Kier alpha value is -3.46. The molecule has 0 saturated carbocycles. The Kier molecular flexibility index (Phi) is 7.65. The summed E-state index contributed by atoms with van der Waals surface area (Å²) in [6, 6.07) is 16.3. The number of sulfonamides is 1. The minimum absolute atomic E-state index is 0.0269. The van der Waals surface area contributed by atoms with Crippen LogP contribution in [0.2, 0.25) is 0 Å². The molecule has 2 N–H and O–H groups in total. The van der Waals surface area contributed by atoms with Crippen LogP contribution in [0.5, 0.6) is 5.75 Å². The molecule has 1 heterocycles. The fourth-order valence-electron chi connectivity index (χ4n) is 2.99. The molecule has 0 atom stereocenters. The van der Waals surface area contributed by atoms with Crippen LogP contribution in [-0.4, -0.2) is 43.9 Å². The summed E-state index contributed by atoms with van der Waals surface area (Å²) in [6.07, 6.45) is 0.905. The van der Waals surface area contributed by atoms with E-state index in [1.807, 2.05) is 27.8 Å². The van der Waals surface area contributed by atoms with Gasteiger partial charge in [-0.05, 0) is 48.9 Å². The van der Waals surface area contributed by atoms with Crippen LogP contribution in [0.25, 0.3) is 0 Å². The van der Waals surface area contributed by atoms with Crippen molar-refractivity contribution in [2.75, 3.05) is 24.4 Å². The first-order chi connectivity index (χ1) is 15.7. The quantitative estimate of drug-likeness (QED) is 0.472. The molecule has 2 aromatic carbocycles. The molecular weight excluding hydrogens is 464 g/mol. The largest absolute Gasteiger partial charge is 0.491 e. The summed E-state index contributed by atoms with van der Waals surface area (Å²) >= 11 is 1.25. The Morgan fingerprint density at radius 3 is 2.64 bits per heavy atom. The summed E-state index contributed by atoms with van der Waals surface area (Å²) in [7, 11) is -3.73. The number of aliphatic hydroxyl groups excluding tert-OH is 1. The first-order valence-corrected chi connectivity index (χ1v) is 12.5. The van der Waals surface area contributed by atoms with E-state index in [2.05, 4.69) is 11.1 Å². The molecule has 1 aromatic heterocycles. The molecule has 11 heteroatoms. The van der Waals surface area contributed by atoms with Crippen LogP contribution in [0.1, 0.15) is 26.5 Å². The van der Waals surface area contributed by atoms with Gasteiger partial charge in [-0.25, -0.2) is 18.1 Å². The number of nitriles is 1. The Bertz CT molecular complexity index is 1280. The molecular formula is C22H22N4O5S2. The molecule has 0 aliphatic heterocycles. The predicted molar refractivity (Wildman–Crippen MR) is 125 cm³/mol. The van der Waals surface area contributed by atoms with Gasteiger partial charge in [-0.1, -0.05) is 12.1 Å². The molecule has 172 valence electrons. The van der Waals surface area contributed by atoms with Gasteiger partial charge in [-0.3, -0.25) is 4.79 Å². The van der Waals surface area contributed by atoms with Crippen molar-refractivity contribution in [1.82, 2.24) is 9.71 Å². The zero-order chi connectivity index (χ0) is 24.0. The van der Waals surface area contributed by atoms with E-state index in [4.69, 9.17) is 15.1 Å². The second kappa shape index (κ2) is 10.4. The number of ether oxygens (including phenoxy) is 1. The molecule has 3 rings (SSSR count). The molecule has 0 radical (unpaired) electrons. The minimum atomic E-state index is -3.73. The van der Waals surface area contributed by atoms with Crippen LogP contribution in [0.3, 0.4) is 0 Å². The molecule has 0 fully saturated rings. The Morgan fingerprint density at radius 1 is 1.27 bits per heavy atom. The number of aromatic nitrogens is 1. The maximum Gasteiger partial charge on any atom is 0.284 e. The zero-order valence-corrected chi connectivity index (χ0v) is 19.6. The number of benzene rings is 2. The van der Waals surface area contributed by atoms with E-state index < -0.39 is 15.9 Å². The summed E-state index contributed by atoms with van der Waals surface area (Å²) in [4.78, 5) is 19.2. The first-order valence-electron chi connectivity index (χ1n) is 9.80. The van der Waals surface area contributed by atoms with Crippen molar-refractivity contribution in [1.29, 1.82) is 5.26 Å². The van der Waals surface area contributed by atoms with E-state index in [1.54, 1.807) is 37.3 Å². The Labute approximate surface area is 195 Å². The van der Waals surface area contributed by atoms with Gasteiger partial charge in [0.1, 0.15) is 18.1 Å². The van der Waals surface area contributed by atoms with Gasteiger partial charge in [0.2, 0.25) is 10.0 Å². The number of carbonyl (C=O) groups is 1. The van der Waals surface area contributed by atoms with E-state index in [0.29, 0.717) is 27.9 Å². The van der Waals surface area contributed by atoms with Crippen molar-refractivity contribution < 1.29 is 23.1 Å². The lowest BCUT2D eigenvalue weighted by molar-refractivity contribution is 0.0977. The van der Waals surface area contributed by atoms with E-state index in [-0.39, 0.29) is 18.9 Å². The highest BCUT2D eigenvalue weighted by Gasteiger charge is 2.22. The van der Waals surface area contributed by atoms with Gasteiger partial charge in [0.05, 0.1) is 31.0 Å².